The van der Waals surface area contributed by atoms with Crippen molar-refractivity contribution in [1.82, 2.24) is 10.6 Å². The third kappa shape index (κ3) is 10.4. The molecule has 0 saturated heterocycles. The highest BCUT2D eigenvalue weighted by Crippen LogP contribution is 2.00. The number of ether oxygens (including phenoxy) is 1. The molecule has 3 N–H and O–H groups in total. The summed E-state index contributed by atoms with van der Waals surface area (Å²) in [6, 6.07) is -1.34. The lowest BCUT2D eigenvalue weighted by Crippen LogP contribution is -2.47. The smallest absolute Gasteiger partial charge is 0.326 e. The van der Waals surface area contributed by atoms with E-state index in [1.54, 1.807) is 17.8 Å². The summed E-state index contributed by atoms with van der Waals surface area (Å²) in [5.41, 5.74) is 0. The zero-order valence-electron chi connectivity index (χ0n) is 11.2. The number of carbonyl (C=O) groups is 2. The van der Waals surface area contributed by atoms with Gasteiger partial charge in [0.2, 0.25) is 0 Å². The third-order valence-corrected chi connectivity index (χ3v) is 2.86. The van der Waals surface area contributed by atoms with Gasteiger partial charge in [0, 0.05) is 6.54 Å². The number of rotatable bonds is 11. The predicted molar refractivity (Wildman–Crippen MR) is 76.6 cm³/mol. The van der Waals surface area contributed by atoms with Crippen LogP contribution in [0.5, 0.6) is 0 Å². The molecule has 0 aromatic rings. The Hall–Kier alpha value is -1.21. The van der Waals surface area contributed by atoms with E-state index in [0.29, 0.717) is 31.9 Å². The van der Waals surface area contributed by atoms with Gasteiger partial charge in [-0.15, -0.1) is 6.58 Å². The highest BCUT2D eigenvalue weighted by molar-refractivity contribution is 7.98. The minimum absolute atomic E-state index is 0.345. The monoisotopic (exact) mass is 290 g/mol. The summed E-state index contributed by atoms with van der Waals surface area (Å²) in [4.78, 5) is 22.3. The molecule has 0 rings (SSSR count). The number of nitrogens with one attached hydrogen (secondary N) is 2. The van der Waals surface area contributed by atoms with Crippen LogP contribution in [0.25, 0.3) is 0 Å². The average molecular weight is 290 g/mol. The van der Waals surface area contributed by atoms with Crippen molar-refractivity contribution >= 4 is 23.8 Å². The van der Waals surface area contributed by atoms with Crippen LogP contribution in [0.15, 0.2) is 12.7 Å². The quantitative estimate of drug-likeness (QED) is 0.391. The maximum absolute atomic E-state index is 11.4. The Balaban J connectivity index is 3.74. The third-order valence-electron chi connectivity index (χ3n) is 2.21. The van der Waals surface area contributed by atoms with Crippen molar-refractivity contribution in [3.63, 3.8) is 0 Å². The van der Waals surface area contributed by atoms with Crippen LogP contribution in [-0.4, -0.2) is 54.9 Å². The maximum atomic E-state index is 11.4. The van der Waals surface area contributed by atoms with Crippen LogP contribution in [0.4, 0.5) is 4.79 Å². The van der Waals surface area contributed by atoms with Gasteiger partial charge in [-0.25, -0.2) is 9.59 Å². The molecule has 0 aliphatic rings. The SMILES string of the molecule is C=CCCOCCNC(=O)N[C@H](CCSC)C(=O)O. The molecule has 2 amide bonds. The fourth-order valence-electron chi connectivity index (χ4n) is 1.21. The first-order chi connectivity index (χ1) is 9.11. The zero-order chi connectivity index (χ0) is 14.5. The van der Waals surface area contributed by atoms with Crippen LogP contribution in [0.3, 0.4) is 0 Å². The highest BCUT2D eigenvalue weighted by Gasteiger charge is 2.18. The normalized spacial score (nSPS) is 11.6. The Morgan fingerprint density at radius 3 is 2.79 bits per heavy atom. The zero-order valence-corrected chi connectivity index (χ0v) is 12.0. The summed E-state index contributed by atoms with van der Waals surface area (Å²) in [6.07, 6.45) is 4.81. The van der Waals surface area contributed by atoms with Crippen molar-refractivity contribution in [2.24, 2.45) is 0 Å². The molecule has 0 heterocycles. The molecule has 1 atom stereocenters. The molecule has 0 saturated carbocycles. The number of aliphatic carboxylic acids is 1. The second-order valence-corrected chi connectivity index (χ2v) is 4.75. The average Bonchev–Trinajstić information content (AvgIpc) is 2.38. The molecule has 19 heavy (non-hydrogen) atoms. The molecule has 0 unspecified atom stereocenters. The fourth-order valence-corrected chi connectivity index (χ4v) is 1.68. The van der Waals surface area contributed by atoms with E-state index in [-0.39, 0.29) is 0 Å². The first-order valence-corrected chi connectivity index (χ1v) is 7.46. The number of amides is 2. The topological polar surface area (TPSA) is 87.7 Å². The number of urea groups is 1. The maximum Gasteiger partial charge on any atom is 0.326 e. The Kier molecular flexibility index (Phi) is 11.1. The Morgan fingerprint density at radius 1 is 1.47 bits per heavy atom. The van der Waals surface area contributed by atoms with Gasteiger partial charge in [0.15, 0.2) is 0 Å². The van der Waals surface area contributed by atoms with Gasteiger partial charge in [0.1, 0.15) is 6.04 Å². The van der Waals surface area contributed by atoms with Crippen LogP contribution < -0.4 is 10.6 Å². The molecule has 110 valence electrons. The standard InChI is InChI=1S/C12H22N2O4S/c1-3-4-7-18-8-6-13-12(17)14-10(11(15)16)5-9-19-2/h3,10H,1,4-9H2,2H3,(H,15,16)(H2,13,14,17)/t10-/m1/s1. The summed E-state index contributed by atoms with van der Waals surface area (Å²) in [5.74, 6) is -0.339. The van der Waals surface area contributed by atoms with Gasteiger partial charge in [0.05, 0.1) is 13.2 Å². The van der Waals surface area contributed by atoms with Crippen molar-refractivity contribution < 1.29 is 19.4 Å². The van der Waals surface area contributed by atoms with E-state index in [1.807, 2.05) is 6.26 Å². The second-order valence-electron chi connectivity index (χ2n) is 3.76. The molecule has 0 aromatic heterocycles. The van der Waals surface area contributed by atoms with Crippen molar-refractivity contribution in [3.8, 4) is 0 Å². The molecule has 0 aromatic carbocycles. The molecule has 0 aliphatic carbocycles. The van der Waals surface area contributed by atoms with E-state index < -0.39 is 18.0 Å². The van der Waals surface area contributed by atoms with E-state index in [0.717, 1.165) is 6.42 Å². The number of carboxylic acid groups (broad SMARTS) is 1. The molecular formula is C12H22N2O4S. The van der Waals surface area contributed by atoms with E-state index in [1.165, 1.54) is 0 Å². The predicted octanol–water partition coefficient (Wildman–Crippen LogP) is 1.08. The molecular weight excluding hydrogens is 268 g/mol. The Morgan fingerprint density at radius 2 is 2.21 bits per heavy atom. The molecule has 7 heteroatoms. The van der Waals surface area contributed by atoms with Gasteiger partial charge < -0.3 is 20.5 Å². The number of hydrogen-bond acceptors (Lipinski definition) is 4. The lowest BCUT2D eigenvalue weighted by atomic mass is 10.2. The van der Waals surface area contributed by atoms with Gasteiger partial charge in [-0.3, -0.25) is 0 Å². The van der Waals surface area contributed by atoms with Crippen LogP contribution in [0.2, 0.25) is 0 Å². The van der Waals surface area contributed by atoms with Crippen LogP contribution in [-0.2, 0) is 9.53 Å². The molecule has 0 spiro atoms. The van der Waals surface area contributed by atoms with Crippen LogP contribution in [0, 0.1) is 0 Å². The van der Waals surface area contributed by atoms with Gasteiger partial charge in [0.25, 0.3) is 0 Å². The van der Waals surface area contributed by atoms with Crippen LogP contribution in [0.1, 0.15) is 12.8 Å². The number of carboxylic acids is 1. The highest BCUT2D eigenvalue weighted by atomic mass is 32.2. The first kappa shape index (κ1) is 17.8. The van der Waals surface area contributed by atoms with Crippen molar-refractivity contribution in [3.05, 3.63) is 12.7 Å². The van der Waals surface area contributed by atoms with Crippen molar-refractivity contribution in [2.75, 3.05) is 31.8 Å². The molecule has 0 bridgehead atoms. The summed E-state index contributed by atoms with van der Waals surface area (Å²) >= 11 is 1.54. The summed E-state index contributed by atoms with van der Waals surface area (Å²) < 4.78 is 5.21. The summed E-state index contributed by atoms with van der Waals surface area (Å²) in [5, 5.41) is 13.9. The van der Waals surface area contributed by atoms with Gasteiger partial charge in [-0.1, -0.05) is 6.08 Å². The Labute approximate surface area is 118 Å². The van der Waals surface area contributed by atoms with E-state index in [4.69, 9.17) is 9.84 Å². The Bertz CT molecular complexity index is 287. The summed E-state index contributed by atoms with van der Waals surface area (Å²) in [7, 11) is 0. The number of hydrogen-bond donors (Lipinski definition) is 3. The van der Waals surface area contributed by atoms with Gasteiger partial charge in [-0.05, 0) is 24.9 Å². The largest absolute Gasteiger partial charge is 0.480 e. The lowest BCUT2D eigenvalue weighted by molar-refractivity contribution is -0.139. The van der Waals surface area contributed by atoms with E-state index >= 15 is 0 Å². The molecule has 0 radical (unpaired) electrons. The van der Waals surface area contributed by atoms with Crippen LogP contribution >= 0.6 is 11.8 Å². The second kappa shape index (κ2) is 11.9. The van der Waals surface area contributed by atoms with Gasteiger partial charge in [-0.2, -0.15) is 11.8 Å². The minimum atomic E-state index is -1.02. The van der Waals surface area contributed by atoms with Crippen molar-refractivity contribution in [1.29, 1.82) is 0 Å². The minimum Gasteiger partial charge on any atom is -0.480 e. The first-order valence-electron chi connectivity index (χ1n) is 6.06. The molecule has 0 aliphatic heterocycles. The summed E-state index contributed by atoms with van der Waals surface area (Å²) in [6.45, 7) is 4.87. The lowest BCUT2D eigenvalue weighted by Gasteiger charge is -2.14. The molecule has 0 fully saturated rings. The number of carbonyl (C=O) groups excluding carboxylic acids is 1. The van der Waals surface area contributed by atoms with E-state index in [9.17, 15) is 9.59 Å². The fraction of sp³-hybridized carbons (Fsp3) is 0.667. The van der Waals surface area contributed by atoms with Crippen molar-refractivity contribution in [2.45, 2.75) is 18.9 Å². The van der Waals surface area contributed by atoms with Gasteiger partial charge >= 0.3 is 12.0 Å². The van der Waals surface area contributed by atoms with E-state index in [2.05, 4.69) is 17.2 Å². The molecule has 6 nitrogen and oxygen atoms in total. The number of thioether (sulfide) groups is 1.